The molecule has 0 unspecified atom stereocenters. The molecule has 2 nitrogen and oxygen atoms in total. The molecule has 3 aliphatic rings. The molecule has 1 N–H and O–H groups in total. The van der Waals surface area contributed by atoms with Gasteiger partial charge in [0.1, 0.15) is 0 Å². The number of hydrogen-bond acceptors (Lipinski definition) is 2. The van der Waals surface area contributed by atoms with E-state index in [2.05, 4.69) is 61.3 Å². The number of benzene rings is 2. The van der Waals surface area contributed by atoms with E-state index in [9.17, 15) is 5.11 Å². The first-order valence-corrected chi connectivity index (χ1v) is 11.7. The van der Waals surface area contributed by atoms with Crippen LogP contribution in [0.3, 0.4) is 0 Å². The Morgan fingerprint density at radius 3 is 2.77 bits per heavy atom. The number of aromatic nitrogens is 1. The van der Waals surface area contributed by atoms with Crippen molar-refractivity contribution in [1.82, 2.24) is 4.98 Å². The molecule has 2 saturated carbocycles. The zero-order chi connectivity index (χ0) is 20.5. The zero-order valence-corrected chi connectivity index (χ0v) is 18.1. The molecule has 0 aliphatic heterocycles. The fraction of sp³-hybridized carbons (Fsp3) is 0.464. The van der Waals surface area contributed by atoms with Crippen molar-refractivity contribution in [2.75, 3.05) is 0 Å². The van der Waals surface area contributed by atoms with Crippen LogP contribution in [0.4, 0.5) is 0 Å². The van der Waals surface area contributed by atoms with Crippen LogP contribution in [-0.2, 0) is 12.0 Å². The smallest absolute Gasteiger partial charge is 0.0952 e. The normalized spacial score (nSPS) is 35.0. The first-order valence-electron chi connectivity index (χ1n) is 11.7. The fourth-order valence-electron chi connectivity index (χ4n) is 7.54. The predicted octanol–water partition coefficient (Wildman–Crippen LogP) is 6.29. The highest BCUT2D eigenvalue weighted by Crippen LogP contribution is 2.67. The summed E-state index contributed by atoms with van der Waals surface area (Å²) in [4.78, 5) is 4.30. The van der Waals surface area contributed by atoms with Crippen molar-refractivity contribution in [3.8, 4) is 0 Å². The Kier molecular flexibility index (Phi) is 3.96. The Morgan fingerprint density at radius 2 is 1.87 bits per heavy atom. The highest BCUT2D eigenvalue weighted by atomic mass is 16.3. The van der Waals surface area contributed by atoms with Gasteiger partial charge in [-0.2, -0.15) is 0 Å². The Hall–Kier alpha value is -2.19. The molecule has 154 valence electrons. The second-order valence-electron chi connectivity index (χ2n) is 10.4. The molecule has 2 heteroatoms. The summed E-state index contributed by atoms with van der Waals surface area (Å²) in [6.07, 6.45) is 10.6. The van der Waals surface area contributed by atoms with Crippen LogP contribution in [0, 0.1) is 24.2 Å². The molecule has 0 bridgehead atoms. The van der Waals surface area contributed by atoms with Gasteiger partial charge in [-0.25, -0.2) is 0 Å². The molecular weight excluding hydrogens is 366 g/mol. The summed E-state index contributed by atoms with van der Waals surface area (Å²) in [5.41, 5.74) is 4.88. The number of rotatable bonds is 1. The molecule has 1 aromatic heterocycles. The van der Waals surface area contributed by atoms with Gasteiger partial charge >= 0.3 is 0 Å². The standard InChI is InChI=1S/C28H31NO/c1-18-3-7-23-20(15-18)5-8-25-24(23)9-12-27(2)26(25)10-13-28(27,30)22-6-4-19-11-14-29-17-21(19)16-22/h3-4,6-7,11,14-17,24-26,30H,5,8-10,12-13H2,1-2H3/t24-,25-,26+,27+,28-/m1/s1. The van der Waals surface area contributed by atoms with E-state index in [1.54, 1.807) is 11.1 Å². The van der Waals surface area contributed by atoms with E-state index in [1.165, 1.54) is 30.2 Å². The monoisotopic (exact) mass is 397 g/mol. The van der Waals surface area contributed by atoms with Gasteiger partial charge in [0.15, 0.2) is 0 Å². The third-order valence-corrected chi connectivity index (χ3v) is 9.15. The molecule has 2 aromatic carbocycles. The topological polar surface area (TPSA) is 33.1 Å². The van der Waals surface area contributed by atoms with E-state index in [-0.39, 0.29) is 5.41 Å². The Morgan fingerprint density at radius 1 is 0.967 bits per heavy atom. The number of aliphatic hydroxyl groups is 1. The summed E-state index contributed by atoms with van der Waals surface area (Å²) < 4.78 is 0. The zero-order valence-electron chi connectivity index (χ0n) is 18.1. The summed E-state index contributed by atoms with van der Waals surface area (Å²) in [6, 6.07) is 15.7. The van der Waals surface area contributed by atoms with E-state index in [0.29, 0.717) is 17.8 Å². The predicted molar refractivity (Wildman–Crippen MR) is 121 cm³/mol. The van der Waals surface area contributed by atoms with Crippen molar-refractivity contribution in [2.24, 2.45) is 17.3 Å². The number of fused-ring (bicyclic) bond motifs is 6. The highest BCUT2D eigenvalue weighted by molar-refractivity contribution is 5.82. The lowest BCUT2D eigenvalue weighted by atomic mass is 9.52. The Bertz CT molecular complexity index is 1140. The second kappa shape index (κ2) is 6.40. The summed E-state index contributed by atoms with van der Waals surface area (Å²) in [7, 11) is 0. The number of aryl methyl sites for hydroxylation is 2. The molecule has 30 heavy (non-hydrogen) atoms. The number of hydrogen-bond donors (Lipinski definition) is 1. The maximum absolute atomic E-state index is 12.2. The lowest BCUT2D eigenvalue weighted by Gasteiger charge is -2.53. The summed E-state index contributed by atoms with van der Waals surface area (Å²) in [6.45, 7) is 4.60. The van der Waals surface area contributed by atoms with Gasteiger partial charge in [0.2, 0.25) is 0 Å². The summed E-state index contributed by atoms with van der Waals surface area (Å²) in [5, 5.41) is 14.5. The third kappa shape index (κ3) is 2.43. The van der Waals surface area contributed by atoms with Crippen molar-refractivity contribution in [1.29, 1.82) is 0 Å². The van der Waals surface area contributed by atoms with Crippen LogP contribution >= 0.6 is 0 Å². The molecule has 1 heterocycles. The largest absolute Gasteiger partial charge is 0.385 e. The highest BCUT2D eigenvalue weighted by Gasteiger charge is 2.62. The first kappa shape index (κ1) is 18.6. The molecule has 5 atom stereocenters. The van der Waals surface area contributed by atoms with Gasteiger partial charge in [0, 0.05) is 23.2 Å². The first-order chi connectivity index (χ1) is 14.5. The lowest BCUT2D eigenvalue weighted by Crippen LogP contribution is -2.49. The molecule has 0 amide bonds. The third-order valence-electron chi connectivity index (χ3n) is 9.15. The maximum atomic E-state index is 12.2. The molecule has 0 spiro atoms. The van der Waals surface area contributed by atoms with Gasteiger partial charge in [-0.05, 0) is 97.4 Å². The second-order valence-corrected chi connectivity index (χ2v) is 10.4. The number of pyridine rings is 1. The van der Waals surface area contributed by atoms with Crippen LogP contribution in [0.15, 0.2) is 54.9 Å². The van der Waals surface area contributed by atoms with E-state index < -0.39 is 5.60 Å². The molecule has 0 radical (unpaired) electrons. The molecule has 0 saturated heterocycles. The van der Waals surface area contributed by atoms with Gasteiger partial charge in [-0.15, -0.1) is 0 Å². The lowest BCUT2D eigenvalue weighted by molar-refractivity contribution is -0.108. The molecular formula is C28H31NO. The van der Waals surface area contributed by atoms with E-state index >= 15 is 0 Å². The van der Waals surface area contributed by atoms with Crippen LogP contribution in [0.1, 0.15) is 67.2 Å². The summed E-state index contributed by atoms with van der Waals surface area (Å²) >= 11 is 0. The average Bonchev–Trinajstić information content (AvgIpc) is 3.05. The molecule has 6 rings (SSSR count). The number of nitrogens with zero attached hydrogens (tertiary/aromatic N) is 1. The van der Waals surface area contributed by atoms with Crippen LogP contribution in [0.5, 0.6) is 0 Å². The SMILES string of the molecule is Cc1ccc2c(c1)CC[C@@H]1[C@@H]2CC[C@@]2(C)[C@H]1CC[C@@]2(O)c1ccc2ccncc2c1. The minimum absolute atomic E-state index is 0.0494. The Labute approximate surface area is 179 Å². The van der Waals surface area contributed by atoms with Crippen LogP contribution in [0.25, 0.3) is 10.8 Å². The molecule has 3 aliphatic carbocycles. The van der Waals surface area contributed by atoms with E-state index in [1.807, 2.05) is 12.4 Å². The average molecular weight is 398 g/mol. The van der Waals surface area contributed by atoms with Crippen molar-refractivity contribution in [3.63, 3.8) is 0 Å². The van der Waals surface area contributed by atoms with Gasteiger partial charge in [-0.3, -0.25) is 4.98 Å². The van der Waals surface area contributed by atoms with Crippen molar-refractivity contribution >= 4 is 10.8 Å². The van der Waals surface area contributed by atoms with Gasteiger partial charge < -0.3 is 5.11 Å². The van der Waals surface area contributed by atoms with E-state index in [0.717, 1.165) is 30.2 Å². The van der Waals surface area contributed by atoms with Crippen molar-refractivity contribution < 1.29 is 5.11 Å². The quantitative estimate of drug-likeness (QED) is 0.524. The van der Waals surface area contributed by atoms with Crippen LogP contribution in [0.2, 0.25) is 0 Å². The molecule has 3 aromatic rings. The minimum Gasteiger partial charge on any atom is -0.385 e. The van der Waals surface area contributed by atoms with Gasteiger partial charge in [0.05, 0.1) is 5.60 Å². The molecule has 2 fully saturated rings. The summed E-state index contributed by atoms with van der Waals surface area (Å²) in [5.74, 6) is 1.98. The van der Waals surface area contributed by atoms with Gasteiger partial charge in [0.25, 0.3) is 0 Å². The van der Waals surface area contributed by atoms with Crippen LogP contribution < -0.4 is 0 Å². The fourth-order valence-corrected chi connectivity index (χ4v) is 7.54. The maximum Gasteiger partial charge on any atom is 0.0952 e. The minimum atomic E-state index is -0.736. The van der Waals surface area contributed by atoms with Crippen molar-refractivity contribution in [2.45, 2.75) is 63.9 Å². The van der Waals surface area contributed by atoms with E-state index in [4.69, 9.17) is 0 Å². The van der Waals surface area contributed by atoms with Crippen LogP contribution in [-0.4, -0.2) is 10.1 Å². The van der Waals surface area contributed by atoms with Gasteiger partial charge in [-0.1, -0.05) is 42.8 Å². The van der Waals surface area contributed by atoms with Crippen molar-refractivity contribution in [3.05, 3.63) is 77.1 Å². The Balaban J connectivity index is 1.39.